The lowest BCUT2D eigenvalue weighted by atomic mass is 9.77. The summed E-state index contributed by atoms with van der Waals surface area (Å²) in [4.78, 5) is 13.2. The zero-order chi connectivity index (χ0) is 21.4. The van der Waals surface area contributed by atoms with Crippen molar-refractivity contribution in [1.82, 2.24) is 9.62 Å². The number of para-hydroxylation sites is 1. The van der Waals surface area contributed by atoms with Crippen molar-refractivity contribution >= 4 is 15.9 Å². The van der Waals surface area contributed by atoms with Crippen molar-refractivity contribution in [1.29, 1.82) is 0 Å². The van der Waals surface area contributed by atoms with Gasteiger partial charge >= 0.3 is 0 Å². The van der Waals surface area contributed by atoms with E-state index in [2.05, 4.69) is 5.32 Å². The van der Waals surface area contributed by atoms with Gasteiger partial charge in [-0.1, -0.05) is 30.7 Å². The second kappa shape index (κ2) is 8.04. The highest BCUT2D eigenvalue weighted by Crippen LogP contribution is 2.46. The third kappa shape index (κ3) is 3.96. The molecule has 0 unspecified atom stereocenters. The van der Waals surface area contributed by atoms with Gasteiger partial charge in [-0.15, -0.1) is 0 Å². The predicted molar refractivity (Wildman–Crippen MR) is 115 cm³/mol. The topological polar surface area (TPSA) is 75.7 Å². The second-order valence-corrected chi connectivity index (χ2v) is 10.6. The summed E-state index contributed by atoms with van der Waals surface area (Å²) in [6.45, 7) is 0. The maximum absolute atomic E-state index is 13.1. The molecule has 7 heteroatoms. The molecule has 0 aromatic heterocycles. The maximum atomic E-state index is 13.1. The van der Waals surface area contributed by atoms with Gasteiger partial charge in [-0.25, -0.2) is 12.7 Å². The molecule has 0 bridgehead atoms. The van der Waals surface area contributed by atoms with Gasteiger partial charge in [0.2, 0.25) is 10.0 Å². The summed E-state index contributed by atoms with van der Waals surface area (Å²) in [5, 5.41) is 3.14. The van der Waals surface area contributed by atoms with Crippen molar-refractivity contribution in [3.05, 3.63) is 59.7 Å². The summed E-state index contributed by atoms with van der Waals surface area (Å²) < 4.78 is 32.5. The first-order chi connectivity index (χ1) is 14.3. The number of benzene rings is 2. The van der Waals surface area contributed by atoms with E-state index in [1.165, 1.54) is 32.6 Å². The molecule has 4 rings (SSSR count). The highest BCUT2D eigenvalue weighted by molar-refractivity contribution is 7.89. The minimum Gasteiger partial charge on any atom is -0.487 e. The van der Waals surface area contributed by atoms with Crippen LogP contribution in [0.3, 0.4) is 0 Å². The van der Waals surface area contributed by atoms with Gasteiger partial charge in [-0.2, -0.15) is 0 Å². The molecular formula is C23H28N2O4S. The summed E-state index contributed by atoms with van der Waals surface area (Å²) in [7, 11) is -0.650. The molecule has 1 fully saturated rings. The van der Waals surface area contributed by atoms with E-state index in [1.807, 2.05) is 24.3 Å². The first-order valence-electron chi connectivity index (χ1n) is 10.4. The summed E-state index contributed by atoms with van der Waals surface area (Å²) in [6.07, 6.45) is 6.19. The predicted octanol–water partition coefficient (Wildman–Crippen LogP) is 3.89. The van der Waals surface area contributed by atoms with Crippen molar-refractivity contribution in [2.45, 2.75) is 55.1 Å². The van der Waals surface area contributed by atoms with E-state index in [9.17, 15) is 13.2 Å². The zero-order valence-electron chi connectivity index (χ0n) is 17.4. The van der Waals surface area contributed by atoms with Crippen molar-refractivity contribution in [3.63, 3.8) is 0 Å². The van der Waals surface area contributed by atoms with Crippen LogP contribution in [0.1, 0.15) is 60.5 Å². The van der Waals surface area contributed by atoms with Gasteiger partial charge in [0.15, 0.2) is 0 Å². The average molecular weight is 429 g/mol. The summed E-state index contributed by atoms with van der Waals surface area (Å²) in [6, 6.07) is 13.9. The van der Waals surface area contributed by atoms with E-state index < -0.39 is 10.0 Å². The Hall–Kier alpha value is -2.38. The van der Waals surface area contributed by atoms with Crippen LogP contribution in [0.15, 0.2) is 53.4 Å². The van der Waals surface area contributed by atoms with Gasteiger partial charge < -0.3 is 10.1 Å². The van der Waals surface area contributed by atoms with Gasteiger partial charge in [-0.05, 0) is 49.9 Å². The Morgan fingerprint density at radius 2 is 1.80 bits per heavy atom. The van der Waals surface area contributed by atoms with Gasteiger partial charge in [0.05, 0.1) is 10.9 Å². The molecule has 0 radical (unpaired) electrons. The third-order valence-electron chi connectivity index (χ3n) is 6.14. The summed E-state index contributed by atoms with van der Waals surface area (Å²) in [5.41, 5.74) is 1.07. The number of nitrogens with one attached hydrogen (secondary N) is 1. The van der Waals surface area contributed by atoms with Crippen LogP contribution in [0.5, 0.6) is 5.75 Å². The number of sulfonamides is 1. The minimum atomic E-state index is -3.60. The Kier molecular flexibility index (Phi) is 5.59. The van der Waals surface area contributed by atoms with Crippen LogP contribution < -0.4 is 10.1 Å². The monoisotopic (exact) mass is 428 g/mol. The molecule has 1 aliphatic carbocycles. The lowest BCUT2D eigenvalue weighted by Gasteiger charge is -2.44. The first-order valence-corrected chi connectivity index (χ1v) is 11.9. The fourth-order valence-corrected chi connectivity index (χ4v) is 5.45. The molecule has 1 N–H and O–H groups in total. The first kappa shape index (κ1) is 20.9. The standard InChI is InChI=1S/C23H28N2O4S/c1-25(2)30(27,28)18-10-8-9-17(15-18)22(26)24-20-16-23(13-6-3-7-14-23)29-21-12-5-4-11-19(20)21/h4-5,8-12,15,20H,3,6-7,13-14,16H2,1-2H3,(H,24,26)/t20-/m1/s1. The third-order valence-corrected chi connectivity index (χ3v) is 7.95. The Balaban J connectivity index is 1.61. The van der Waals surface area contributed by atoms with E-state index in [1.54, 1.807) is 12.1 Å². The van der Waals surface area contributed by atoms with Crippen LogP contribution in [0.2, 0.25) is 0 Å². The van der Waals surface area contributed by atoms with Crippen LogP contribution in [-0.2, 0) is 10.0 Å². The number of ether oxygens (including phenoxy) is 1. The molecule has 1 heterocycles. The summed E-state index contributed by atoms with van der Waals surface area (Å²) in [5.74, 6) is 0.554. The van der Waals surface area contributed by atoms with E-state index in [0.29, 0.717) is 5.56 Å². The molecule has 2 aliphatic rings. The largest absolute Gasteiger partial charge is 0.487 e. The van der Waals surface area contributed by atoms with Gasteiger partial charge in [-0.3, -0.25) is 4.79 Å². The highest BCUT2D eigenvalue weighted by atomic mass is 32.2. The molecule has 1 atom stereocenters. The van der Waals surface area contributed by atoms with E-state index in [0.717, 1.165) is 47.7 Å². The van der Waals surface area contributed by atoms with Gasteiger partial charge in [0, 0.05) is 31.6 Å². The fourth-order valence-electron chi connectivity index (χ4n) is 4.50. The molecule has 1 amide bonds. The van der Waals surface area contributed by atoms with Crippen LogP contribution in [0.4, 0.5) is 0 Å². The fraction of sp³-hybridized carbons (Fsp3) is 0.435. The number of nitrogens with zero attached hydrogens (tertiary/aromatic N) is 1. The van der Waals surface area contributed by atoms with Gasteiger partial charge in [0.25, 0.3) is 5.91 Å². The summed E-state index contributed by atoms with van der Waals surface area (Å²) >= 11 is 0. The Morgan fingerprint density at radius 3 is 2.53 bits per heavy atom. The maximum Gasteiger partial charge on any atom is 0.251 e. The van der Waals surface area contributed by atoms with Crippen molar-refractivity contribution < 1.29 is 17.9 Å². The molecule has 0 saturated heterocycles. The molecule has 1 saturated carbocycles. The second-order valence-electron chi connectivity index (χ2n) is 8.43. The Labute approximate surface area is 178 Å². The number of hydrogen-bond acceptors (Lipinski definition) is 4. The molecular weight excluding hydrogens is 400 g/mol. The molecule has 2 aromatic rings. The number of carbonyl (C=O) groups is 1. The zero-order valence-corrected chi connectivity index (χ0v) is 18.2. The molecule has 2 aromatic carbocycles. The number of fused-ring (bicyclic) bond motifs is 1. The van der Waals surface area contributed by atoms with Crippen LogP contribution >= 0.6 is 0 Å². The normalized spacial score (nSPS) is 20.4. The number of amides is 1. The van der Waals surface area contributed by atoms with E-state index in [-0.39, 0.29) is 22.4 Å². The highest BCUT2D eigenvalue weighted by Gasteiger charge is 2.42. The lowest BCUT2D eigenvalue weighted by molar-refractivity contribution is -0.00210. The SMILES string of the molecule is CN(C)S(=O)(=O)c1cccc(C(=O)N[C@@H]2CC3(CCCCC3)Oc3ccccc32)c1. The molecule has 1 spiro atoms. The quantitative estimate of drug-likeness (QED) is 0.802. The smallest absolute Gasteiger partial charge is 0.251 e. The van der Waals surface area contributed by atoms with E-state index >= 15 is 0 Å². The van der Waals surface area contributed by atoms with Crippen LogP contribution in [-0.4, -0.2) is 38.3 Å². The average Bonchev–Trinajstić information content (AvgIpc) is 2.74. The Morgan fingerprint density at radius 1 is 1.07 bits per heavy atom. The molecule has 6 nitrogen and oxygen atoms in total. The van der Waals surface area contributed by atoms with E-state index in [4.69, 9.17) is 4.74 Å². The number of carbonyl (C=O) groups excluding carboxylic acids is 1. The molecule has 30 heavy (non-hydrogen) atoms. The number of rotatable bonds is 4. The lowest BCUT2D eigenvalue weighted by Crippen LogP contribution is -2.46. The Bertz CT molecular complexity index is 1040. The number of hydrogen-bond donors (Lipinski definition) is 1. The van der Waals surface area contributed by atoms with Crippen LogP contribution in [0, 0.1) is 0 Å². The van der Waals surface area contributed by atoms with Crippen molar-refractivity contribution in [2.75, 3.05) is 14.1 Å². The minimum absolute atomic E-state index is 0.108. The van der Waals surface area contributed by atoms with Gasteiger partial charge in [0.1, 0.15) is 11.4 Å². The molecule has 160 valence electrons. The van der Waals surface area contributed by atoms with Crippen molar-refractivity contribution in [3.8, 4) is 5.75 Å². The van der Waals surface area contributed by atoms with Crippen molar-refractivity contribution in [2.24, 2.45) is 0 Å². The molecule has 1 aliphatic heterocycles. The van der Waals surface area contributed by atoms with Crippen LogP contribution in [0.25, 0.3) is 0 Å².